The van der Waals surface area contributed by atoms with Crippen LogP contribution in [0.4, 0.5) is 0 Å². The van der Waals surface area contributed by atoms with Gasteiger partial charge in [-0.3, -0.25) is 4.68 Å². The van der Waals surface area contributed by atoms with Crippen LogP contribution in [0.1, 0.15) is 37.4 Å². The molecule has 0 saturated carbocycles. The molecule has 0 spiro atoms. The van der Waals surface area contributed by atoms with E-state index in [0.29, 0.717) is 0 Å². The minimum Gasteiger partial charge on any atom is -0.306 e. The average molecular weight is 401 g/mol. The lowest BCUT2D eigenvalue weighted by molar-refractivity contribution is 0.597. The SMILES string of the molecule is CCCn1cc(C(NCC)c2ccc(Br)cc2Br)cn1. The maximum absolute atomic E-state index is 4.43. The molecule has 1 heterocycles. The van der Waals surface area contributed by atoms with Crippen LogP contribution in [0.2, 0.25) is 0 Å². The Balaban J connectivity index is 2.34. The molecule has 0 radical (unpaired) electrons. The Bertz CT molecular complexity index is 566. The fourth-order valence-corrected chi connectivity index (χ4v) is 3.50. The summed E-state index contributed by atoms with van der Waals surface area (Å²) in [6, 6.07) is 6.45. The summed E-state index contributed by atoms with van der Waals surface area (Å²) in [6.07, 6.45) is 5.18. The molecule has 0 aliphatic heterocycles. The molecular formula is C15H19Br2N3. The third-order valence-electron chi connectivity index (χ3n) is 3.12. The van der Waals surface area contributed by atoms with Gasteiger partial charge in [-0.1, -0.05) is 51.8 Å². The number of nitrogens with one attached hydrogen (secondary N) is 1. The molecule has 0 amide bonds. The standard InChI is InChI=1S/C15H19Br2N3/c1-3-7-20-10-11(9-19-20)15(18-4-2)13-6-5-12(16)8-14(13)17/h5-6,8-10,15,18H,3-4,7H2,1-2H3. The molecule has 1 unspecified atom stereocenters. The van der Waals surface area contributed by atoms with Crippen LogP contribution in [-0.4, -0.2) is 16.3 Å². The van der Waals surface area contributed by atoms with E-state index in [4.69, 9.17) is 0 Å². The third kappa shape index (κ3) is 3.71. The van der Waals surface area contributed by atoms with E-state index >= 15 is 0 Å². The number of hydrogen-bond acceptors (Lipinski definition) is 2. The van der Waals surface area contributed by atoms with Crippen molar-refractivity contribution in [3.8, 4) is 0 Å². The highest BCUT2D eigenvalue weighted by Gasteiger charge is 2.17. The predicted molar refractivity (Wildman–Crippen MR) is 89.9 cm³/mol. The fourth-order valence-electron chi connectivity index (χ4n) is 2.23. The summed E-state index contributed by atoms with van der Waals surface area (Å²) in [6.45, 7) is 6.15. The lowest BCUT2D eigenvalue weighted by Crippen LogP contribution is -2.22. The van der Waals surface area contributed by atoms with Crippen LogP contribution in [0.25, 0.3) is 0 Å². The molecule has 20 heavy (non-hydrogen) atoms. The highest BCUT2D eigenvalue weighted by atomic mass is 79.9. The van der Waals surface area contributed by atoms with Crippen molar-refractivity contribution in [1.29, 1.82) is 0 Å². The number of nitrogens with zero attached hydrogens (tertiary/aromatic N) is 2. The summed E-state index contributed by atoms with van der Waals surface area (Å²) >= 11 is 7.15. The zero-order valence-electron chi connectivity index (χ0n) is 11.7. The van der Waals surface area contributed by atoms with Crippen LogP contribution in [0.3, 0.4) is 0 Å². The first-order chi connectivity index (χ1) is 9.65. The van der Waals surface area contributed by atoms with E-state index < -0.39 is 0 Å². The molecule has 0 aliphatic carbocycles. The van der Waals surface area contributed by atoms with Gasteiger partial charge in [-0.2, -0.15) is 5.10 Å². The summed E-state index contributed by atoms with van der Waals surface area (Å²) < 4.78 is 4.18. The van der Waals surface area contributed by atoms with Gasteiger partial charge in [0.05, 0.1) is 12.2 Å². The first-order valence-corrected chi connectivity index (χ1v) is 8.45. The van der Waals surface area contributed by atoms with Crippen molar-refractivity contribution in [2.75, 3.05) is 6.54 Å². The van der Waals surface area contributed by atoms with Crippen molar-refractivity contribution in [2.45, 2.75) is 32.9 Å². The normalized spacial score (nSPS) is 12.6. The number of halogens is 2. The summed E-state index contributed by atoms with van der Waals surface area (Å²) in [7, 11) is 0. The molecule has 2 aromatic rings. The maximum Gasteiger partial charge on any atom is 0.0618 e. The van der Waals surface area contributed by atoms with Crippen LogP contribution in [0.15, 0.2) is 39.5 Å². The van der Waals surface area contributed by atoms with Crippen molar-refractivity contribution in [2.24, 2.45) is 0 Å². The number of hydrogen-bond donors (Lipinski definition) is 1. The second-order valence-electron chi connectivity index (χ2n) is 4.69. The quantitative estimate of drug-likeness (QED) is 0.772. The summed E-state index contributed by atoms with van der Waals surface area (Å²) in [4.78, 5) is 0. The highest BCUT2D eigenvalue weighted by Crippen LogP contribution is 2.30. The largest absolute Gasteiger partial charge is 0.306 e. The second-order valence-corrected chi connectivity index (χ2v) is 6.46. The first-order valence-electron chi connectivity index (χ1n) is 6.86. The summed E-state index contributed by atoms with van der Waals surface area (Å²) in [5.74, 6) is 0. The van der Waals surface area contributed by atoms with Gasteiger partial charge in [-0.25, -0.2) is 0 Å². The molecule has 0 aliphatic rings. The Labute approximate surface area is 137 Å². The summed E-state index contributed by atoms with van der Waals surface area (Å²) in [5, 5.41) is 7.97. The van der Waals surface area contributed by atoms with E-state index in [1.165, 1.54) is 11.1 Å². The lowest BCUT2D eigenvalue weighted by atomic mass is 10.0. The molecule has 1 aromatic carbocycles. The minimum absolute atomic E-state index is 0.160. The molecule has 2 rings (SSSR count). The Kier molecular flexibility index (Phi) is 5.81. The zero-order valence-corrected chi connectivity index (χ0v) is 14.9. The van der Waals surface area contributed by atoms with E-state index in [9.17, 15) is 0 Å². The maximum atomic E-state index is 4.43. The van der Waals surface area contributed by atoms with E-state index in [1.807, 2.05) is 10.9 Å². The van der Waals surface area contributed by atoms with E-state index in [0.717, 1.165) is 28.5 Å². The van der Waals surface area contributed by atoms with Crippen LogP contribution in [0, 0.1) is 0 Å². The zero-order chi connectivity index (χ0) is 14.5. The van der Waals surface area contributed by atoms with Crippen molar-refractivity contribution >= 4 is 31.9 Å². The van der Waals surface area contributed by atoms with Crippen LogP contribution in [0.5, 0.6) is 0 Å². The second kappa shape index (κ2) is 7.38. The molecule has 1 aromatic heterocycles. The van der Waals surface area contributed by atoms with Gasteiger partial charge in [-0.05, 0) is 30.7 Å². The van der Waals surface area contributed by atoms with E-state index in [1.54, 1.807) is 0 Å². The minimum atomic E-state index is 0.160. The van der Waals surface area contributed by atoms with Crippen LogP contribution in [-0.2, 0) is 6.54 Å². The van der Waals surface area contributed by atoms with Gasteiger partial charge in [0, 0.05) is 27.3 Å². The van der Waals surface area contributed by atoms with Gasteiger partial charge in [0.25, 0.3) is 0 Å². The molecule has 0 bridgehead atoms. The molecular weight excluding hydrogens is 382 g/mol. The number of benzene rings is 1. The Hall–Kier alpha value is -0.650. The lowest BCUT2D eigenvalue weighted by Gasteiger charge is -2.18. The monoisotopic (exact) mass is 399 g/mol. The van der Waals surface area contributed by atoms with E-state index in [2.05, 4.69) is 80.5 Å². The van der Waals surface area contributed by atoms with Crippen molar-refractivity contribution < 1.29 is 0 Å². The molecule has 1 N–H and O–H groups in total. The number of rotatable bonds is 6. The van der Waals surface area contributed by atoms with Crippen molar-refractivity contribution in [3.05, 3.63) is 50.7 Å². The molecule has 108 valence electrons. The smallest absolute Gasteiger partial charge is 0.0618 e. The Morgan fingerprint density at radius 1 is 1.30 bits per heavy atom. The molecule has 0 saturated heterocycles. The number of aryl methyl sites for hydroxylation is 1. The van der Waals surface area contributed by atoms with Crippen molar-refractivity contribution in [1.82, 2.24) is 15.1 Å². The van der Waals surface area contributed by atoms with Gasteiger partial charge >= 0.3 is 0 Å². The average Bonchev–Trinajstić information content (AvgIpc) is 2.86. The summed E-state index contributed by atoms with van der Waals surface area (Å²) in [5.41, 5.74) is 2.43. The Morgan fingerprint density at radius 3 is 2.75 bits per heavy atom. The molecule has 0 fully saturated rings. The first kappa shape index (κ1) is 15.7. The fraction of sp³-hybridized carbons (Fsp3) is 0.400. The molecule has 1 atom stereocenters. The van der Waals surface area contributed by atoms with E-state index in [-0.39, 0.29) is 6.04 Å². The molecule has 3 nitrogen and oxygen atoms in total. The van der Waals surface area contributed by atoms with Crippen molar-refractivity contribution in [3.63, 3.8) is 0 Å². The van der Waals surface area contributed by atoms with Gasteiger partial charge < -0.3 is 5.32 Å². The van der Waals surface area contributed by atoms with Gasteiger partial charge in [0.2, 0.25) is 0 Å². The van der Waals surface area contributed by atoms with Crippen LogP contribution < -0.4 is 5.32 Å². The predicted octanol–water partition coefficient (Wildman–Crippen LogP) is 4.52. The van der Waals surface area contributed by atoms with Gasteiger partial charge in [0.1, 0.15) is 0 Å². The molecule has 5 heteroatoms. The van der Waals surface area contributed by atoms with Gasteiger partial charge in [0.15, 0.2) is 0 Å². The van der Waals surface area contributed by atoms with Gasteiger partial charge in [-0.15, -0.1) is 0 Å². The Morgan fingerprint density at radius 2 is 2.10 bits per heavy atom. The number of aromatic nitrogens is 2. The third-order valence-corrected chi connectivity index (χ3v) is 4.30. The van der Waals surface area contributed by atoms with Crippen LogP contribution >= 0.6 is 31.9 Å². The highest BCUT2D eigenvalue weighted by molar-refractivity contribution is 9.11. The topological polar surface area (TPSA) is 29.9 Å².